The van der Waals surface area contributed by atoms with Gasteiger partial charge in [-0.1, -0.05) is 27.2 Å². The van der Waals surface area contributed by atoms with E-state index in [1.807, 2.05) is 18.8 Å². The molecule has 7 heteroatoms. The molecule has 146 valence electrons. The van der Waals surface area contributed by atoms with Crippen LogP contribution in [0.1, 0.15) is 50.8 Å². The monoisotopic (exact) mass is 464 g/mol. The Morgan fingerprint density at radius 1 is 1.32 bits per heavy atom. The van der Waals surface area contributed by atoms with Crippen molar-refractivity contribution in [2.45, 2.75) is 46.1 Å². The van der Waals surface area contributed by atoms with Gasteiger partial charge < -0.3 is 15.1 Å². The van der Waals surface area contributed by atoms with Gasteiger partial charge in [-0.2, -0.15) is 5.10 Å². The molecule has 25 heavy (non-hydrogen) atoms. The van der Waals surface area contributed by atoms with E-state index < -0.39 is 0 Å². The number of aromatic nitrogens is 2. The molecule has 0 unspecified atom stereocenters. The number of rotatable bonds is 9. The molecule has 0 saturated carbocycles. The number of nitrogens with zero attached hydrogens (tertiary/aromatic N) is 5. The van der Waals surface area contributed by atoms with Crippen LogP contribution in [-0.2, 0) is 13.6 Å². The highest BCUT2D eigenvalue weighted by Crippen LogP contribution is 2.18. The van der Waals surface area contributed by atoms with Crippen LogP contribution in [0.3, 0.4) is 0 Å². The molecule has 1 aromatic heterocycles. The lowest BCUT2D eigenvalue weighted by Crippen LogP contribution is -2.41. The highest BCUT2D eigenvalue weighted by atomic mass is 127. The number of aliphatic imine (C=N–C) groups is 1. The summed E-state index contributed by atoms with van der Waals surface area (Å²) >= 11 is 0. The third-order valence-corrected chi connectivity index (χ3v) is 4.13. The van der Waals surface area contributed by atoms with Gasteiger partial charge in [-0.05, 0) is 25.9 Å². The van der Waals surface area contributed by atoms with Crippen molar-refractivity contribution < 1.29 is 0 Å². The number of halogens is 1. The molecular weight excluding hydrogens is 427 g/mol. The molecule has 1 aromatic rings. The Labute approximate surface area is 171 Å². The van der Waals surface area contributed by atoms with Crippen molar-refractivity contribution in [3.63, 3.8) is 0 Å². The highest BCUT2D eigenvalue weighted by Gasteiger charge is 2.15. The minimum Gasteiger partial charge on any atom is -0.355 e. The maximum absolute atomic E-state index is 4.59. The van der Waals surface area contributed by atoms with E-state index >= 15 is 0 Å². The van der Waals surface area contributed by atoms with Gasteiger partial charge in [0.05, 0.1) is 5.69 Å². The maximum Gasteiger partial charge on any atom is 0.193 e. The molecule has 0 radical (unpaired) electrons. The van der Waals surface area contributed by atoms with E-state index in [4.69, 9.17) is 0 Å². The second-order valence-corrected chi connectivity index (χ2v) is 6.85. The van der Waals surface area contributed by atoms with Crippen LogP contribution in [0.25, 0.3) is 0 Å². The van der Waals surface area contributed by atoms with Gasteiger partial charge >= 0.3 is 0 Å². The first-order valence-corrected chi connectivity index (χ1v) is 9.01. The third kappa shape index (κ3) is 8.40. The fourth-order valence-corrected chi connectivity index (χ4v) is 2.78. The summed E-state index contributed by atoms with van der Waals surface area (Å²) in [6.45, 7) is 10.5. The van der Waals surface area contributed by atoms with Crippen LogP contribution in [0.4, 0.5) is 0 Å². The molecule has 6 nitrogen and oxygen atoms in total. The molecule has 1 heterocycles. The van der Waals surface area contributed by atoms with Gasteiger partial charge in [0, 0.05) is 52.5 Å². The van der Waals surface area contributed by atoms with E-state index in [-0.39, 0.29) is 24.0 Å². The summed E-state index contributed by atoms with van der Waals surface area (Å²) < 4.78 is 1.90. The van der Waals surface area contributed by atoms with Crippen LogP contribution in [0.15, 0.2) is 11.2 Å². The topological polar surface area (TPSA) is 48.7 Å². The zero-order valence-corrected chi connectivity index (χ0v) is 19.4. The van der Waals surface area contributed by atoms with Crippen LogP contribution in [0.5, 0.6) is 0 Å². The smallest absolute Gasteiger partial charge is 0.193 e. The standard InChI is InChI=1S/C18H36N6.HI/c1-8-9-11-22(5)12-10-20-18(19-4)23(6)13-16-14-24(7)21-17(16)15(2)3;/h14-15H,8-13H2,1-7H3,(H,19,20);1H. The van der Waals surface area contributed by atoms with Crippen LogP contribution < -0.4 is 5.32 Å². The SMILES string of the molecule is CCCCN(C)CCNC(=NC)N(C)Cc1cn(C)nc1C(C)C.I. The molecule has 0 bridgehead atoms. The van der Waals surface area contributed by atoms with E-state index in [1.54, 1.807) is 0 Å². The number of aryl methyl sites for hydroxylation is 1. The van der Waals surface area contributed by atoms with Crippen molar-refractivity contribution in [3.05, 3.63) is 17.5 Å². The molecule has 0 spiro atoms. The predicted molar refractivity (Wildman–Crippen MR) is 118 cm³/mol. The van der Waals surface area contributed by atoms with E-state index in [2.05, 4.69) is 66.3 Å². The fraction of sp³-hybridized carbons (Fsp3) is 0.778. The van der Waals surface area contributed by atoms with Crippen molar-refractivity contribution in [2.75, 3.05) is 40.8 Å². The minimum atomic E-state index is 0. The number of unbranched alkanes of at least 4 members (excludes halogenated alkanes) is 1. The van der Waals surface area contributed by atoms with Gasteiger partial charge in [0.15, 0.2) is 5.96 Å². The van der Waals surface area contributed by atoms with Gasteiger partial charge in [0.25, 0.3) is 0 Å². The van der Waals surface area contributed by atoms with Crippen molar-refractivity contribution >= 4 is 29.9 Å². The Bertz CT molecular complexity index is 512. The zero-order valence-electron chi connectivity index (χ0n) is 17.0. The largest absolute Gasteiger partial charge is 0.355 e. The van der Waals surface area contributed by atoms with Crippen LogP contribution in [0.2, 0.25) is 0 Å². The lowest BCUT2D eigenvalue weighted by molar-refractivity contribution is 0.329. The summed E-state index contributed by atoms with van der Waals surface area (Å²) in [6.07, 6.45) is 4.60. The van der Waals surface area contributed by atoms with Crippen molar-refractivity contribution in [1.82, 2.24) is 24.9 Å². The Morgan fingerprint density at radius 2 is 2.00 bits per heavy atom. The van der Waals surface area contributed by atoms with Gasteiger partial charge in [-0.3, -0.25) is 9.67 Å². The zero-order chi connectivity index (χ0) is 18.1. The average Bonchev–Trinajstić information content (AvgIpc) is 2.90. The summed E-state index contributed by atoms with van der Waals surface area (Å²) in [6, 6.07) is 0. The molecule has 0 aromatic carbocycles. The number of hydrogen-bond donors (Lipinski definition) is 1. The first kappa shape index (κ1) is 24.2. The molecule has 0 aliphatic rings. The van der Waals surface area contributed by atoms with Gasteiger partial charge in [-0.15, -0.1) is 24.0 Å². The normalized spacial score (nSPS) is 11.8. The Balaban J connectivity index is 0.00000576. The predicted octanol–water partition coefficient (Wildman–Crippen LogP) is 2.90. The summed E-state index contributed by atoms with van der Waals surface area (Å²) in [4.78, 5) is 8.93. The number of nitrogens with one attached hydrogen (secondary N) is 1. The Morgan fingerprint density at radius 3 is 2.56 bits per heavy atom. The second kappa shape index (κ2) is 12.5. The fourth-order valence-electron chi connectivity index (χ4n) is 2.78. The molecule has 0 aliphatic carbocycles. The van der Waals surface area contributed by atoms with Gasteiger partial charge in [-0.25, -0.2) is 0 Å². The Hall–Kier alpha value is -0.830. The van der Waals surface area contributed by atoms with Crippen LogP contribution in [-0.4, -0.2) is 66.3 Å². The summed E-state index contributed by atoms with van der Waals surface area (Å²) in [5.41, 5.74) is 2.43. The van der Waals surface area contributed by atoms with Crippen molar-refractivity contribution in [3.8, 4) is 0 Å². The van der Waals surface area contributed by atoms with E-state index in [0.717, 1.165) is 32.1 Å². The molecule has 0 saturated heterocycles. The molecule has 0 atom stereocenters. The Kier molecular flexibility index (Phi) is 12.1. The minimum absolute atomic E-state index is 0. The van der Waals surface area contributed by atoms with Crippen LogP contribution in [0, 0.1) is 0 Å². The summed E-state index contributed by atoms with van der Waals surface area (Å²) in [7, 11) is 8.07. The van der Waals surface area contributed by atoms with E-state index in [0.29, 0.717) is 5.92 Å². The molecule has 0 amide bonds. The number of hydrogen-bond acceptors (Lipinski definition) is 3. The van der Waals surface area contributed by atoms with E-state index in [9.17, 15) is 0 Å². The summed E-state index contributed by atoms with van der Waals surface area (Å²) in [5.74, 6) is 1.36. The van der Waals surface area contributed by atoms with Crippen molar-refractivity contribution in [2.24, 2.45) is 12.0 Å². The lowest BCUT2D eigenvalue weighted by atomic mass is 10.1. The quantitative estimate of drug-likeness (QED) is 0.347. The molecule has 0 aliphatic heterocycles. The van der Waals surface area contributed by atoms with Gasteiger partial charge in [0.1, 0.15) is 0 Å². The molecular formula is C18H37IN6. The first-order chi connectivity index (χ1) is 11.4. The summed E-state index contributed by atoms with van der Waals surface area (Å²) in [5, 5.41) is 8.04. The van der Waals surface area contributed by atoms with Crippen LogP contribution >= 0.6 is 24.0 Å². The number of guanidine groups is 1. The van der Waals surface area contributed by atoms with Crippen molar-refractivity contribution in [1.29, 1.82) is 0 Å². The molecule has 1 rings (SSSR count). The average molecular weight is 464 g/mol. The highest BCUT2D eigenvalue weighted by molar-refractivity contribution is 14.0. The lowest BCUT2D eigenvalue weighted by Gasteiger charge is -2.24. The number of likely N-dealkylation sites (N-methyl/N-ethyl adjacent to an activating group) is 1. The molecule has 1 N–H and O–H groups in total. The van der Waals surface area contributed by atoms with E-state index in [1.165, 1.54) is 24.1 Å². The molecule has 0 fully saturated rings. The second-order valence-electron chi connectivity index (χ2n) is 6.85. The first-order valence-electron chi connectivity index (χ1n) is 9.01. The maximum atomic E-state index is 4.59. The van der Waals surface area contributed by atoms with Gasteiger partial charge in [0.2, 0.25) is 0 Å². The third-order valence-electron chi connectivity index (χ3n) is 4.13.